The van der Waals surface area contributed by atoms with Crippen LogP contribution in [0.15, 0.2) is 66.3 Å². The molecule has 27 heavy (non-hydrogen) atoms. The summed E-state index contributed by atoms with van der Waals surface area (Å²) < 4.78 is 3.09. The van der Waals surface area contributed by atoms with Crippen LogP contribution >= 0.6 is 22.7 Å². The number of nitrogens with zero attached hydrogens (tertiary/aromatic N) is 3. The number of amides is 1. The van der Waals surface area contributed by atoms with Crippen molar-refractivity contribution in [2.75, 3.05) is 5.32 Å². The molecule has 5 nitrogen and oxygen atoms in total. The Balaban J connectivity index is 1.35. The Morgan fingerprint density at radius 3 is 2.93 bits per heavy atom. The zero-order valence-corrected chi connectivity index (χ0v) is 15.8. The van der Waals surface area contributed by atoms with Crippen LogP contribution in [0.3, 0.4) is 0 Å². The molecule has 0 aliphatic rings. The van der Waals surface area contributed by atoms with Gasteiger partial charge in [0.2, 0.25) is 5.91 Å². The smallest absolute Gasteiger partial charge is 0.230 e. The number of hydrogen-bond acceptors (Lipinski definition) is 5. The molecule has 0 atom stereocenters. The predicted molar refractivity (Wildman–Crippen MR) is 110 cm³/mol. The fourth-order valence-corrected chi connectivity index (χ4v) is 4.64. The summed E-state index contributed by atoms with van der Waals surface area (Å²) in [4.78, 5) is 22.4. The largest absolute Gasteiger partial charge is 0.326 e. The van der Waals surface area contributed by atoms with Crippen LogP contribution in [0, 0.1) is 0 Å². The number of hydrogen-bond donors (Lipinski definition) is 1. The van der Waals surface area contributed by atoms with Crippen molar-refractivity contribution in [3.8, 4) is 10.6 Å². The van der Waals surface area contributed by atoms with Crippen LogP contribution in [0.2, 0.25) is 0 Å². The van der Waals surface area contributed by atoms with Crippen molar-refractivity contribution in [2.24, 2.45) is 0 Å². The quantitative estimate of drug-likeness (QED) is 0.477. The highest BCUT2D eigenvalue weighted by molar-refractivity contribution is 7.21. The maximum absolute atomic E-state index is 12.4. The second-order valence-corrected chi connectivity index (χ2v) is 8.02. The van der Waals surface area contributed by atoms with Gasteiger partial charge in [-0.15, -0.1) is 22.7 Å². The van der Waals surface area contributed by atoms with Crippen LogP contribution in [0.1, 0.15) is 5.69 Å². The third-order valence-electron chi connectivity index (χ3n) is 4.17. The molecular weight excluding hydrogens is 376 g/mol. The normalized spacial score (nSPS) is 11.3. The highest BCUT2D eigenvalue weighted by atomic mass is 32.1. The highest BCUT2D eigenvalue weighted by Crippen LogP contribution is 2.31. The first-order valence-electron chi connectivity index (χ1n) is 8.41. The lowest BCUT2D eigenvalue weighted by atomic mass is 10.2. The zero-order valence-electron chi connectivity index (χ0n) is 14.1. The number of fused-ring (bicyclic) bond motifs is 2. The van der Waals surface area contributed by atoms with Gasteiger partial charge in [0, 0.05) is 29.0 Å². The molecule has 132 valence electrons. The van der Waals surface area contributed by atoms with Gasteiger partial charge >= 0.3 is 0 Å². The van der Waals surface area contributed by atoms with Crippen LogP contribution < -0.4 is 5.32 Å². The number of imidazole rings is 1. The Labute approximate surface area is 163 Å². The highest BCUT2D eigenvalue weighted by Gasteiger charge is 2.10. The van der Waals surface area contributed by atoms with Crippen molar-refractivity contribution in [3.05, 3.63) is 72.0 Å². The summed E-state index contributed by atoms with van der Waals surface area (Å²) in [6.07, 6.45) is 4.08. The Bertz CT molecular complexity index is 1210. The van der Waals surface area contributed by atoms with Crippen LogP contribution in [-0.2, 0) is 11.2 Å². The molecular formula is C20H14N4OS2. The SMILES string of the molecule is O=C(Cc1cn2ccsc2n1)Nc1cccc(-c2nc3ccccc3s2)c1. The first kappa shape index (κ1) is 16.2. The third kappa shape index (κ3) is 3.22. The molecule has 0 unspecified atom stereocenters. The number of benzene rings is 2. The number of carbonyl (C=O) groups excluding carboxylic acids is 1. The Kier molecular flexibility index (Phi) is 3.95. The molecule has 0 fully saturated rings. The van der Waals surface area contributed by atoms with Crippen molar-refractivity contribution in [1.29, 1.82) is 0 Å². The van der Waals surface area contributed by atoms with Gasteiger partial charge in [0.15, 0.2) is 4.96 Å². The average molecular weight is 390 g/mol. The van der Waals surface area contributed by atoms with E-state index in [1.165, 1.54) is 0 Å². The Morgan fingerprint density at radius 1 is 1.11 bits per heavy atom. The maximum Gasteiger partial charge on any atom is 0.230 e. The minimum atomic E-state index is -0.0813. The van der Waals surface area contributed by atoms with E-state index in [1.807, 2.05) is 64.6 Å². The first-order valence-corrected chi connectivity index (χ1v) is 10.1. The van der Waals surface area contributed by atoms with E-state index < -0.39 is 0 Å². The number of thiazole rings is 2. The van der Waals surface area contributed by atoms with Crippen molar-refractivity contribution in [2.45, 2.75) is 6.42 Å². The summed E-state index contributed by atoms with van der Waals surface area (Å²) in [6.45, 7) is 0. The Hall–Kier alpha value is -3.03. The lowest BCUT2D eigenvalue weighted by Crippen LogP contribution is -2.14. The number of anilines is 1. The van der Waals surface area contributed by atoms with E-state index in [0.29, 0.717) is 0 Å². The van der Waals surface area contributed by atoms with Gasteiger partial charge in [0.1, 0.15) is 5.01 Å². The van der Waals surface area contributed by atoms with Crippen LogP contribution in [-0.4, -0.2) is 20.3 Å². The number of aromatic nitrogens is 3. The van der Waals surface area contributed by atoms with E-state index in [0.717, 1.165) is 37.1 Å². The topological polar surface area (TPSA) is 59.3 Å². The molecule has 0 saturated heterocycles. The molecule has 3 aromatic heterocycles. The predicted octanol–water partition coefficient (Wildman–Crippen LogP) is 4.85. The van der Waals surface area contributed by atoms with Gasteiger partial charge in [-0.2, -0.15) is 0 Å². The van der Waals surface area contributed by atoms with Gasteiger partial charge in [-0.25, -0.2) is 9.97 Å². The molecule has 0 saturated carbocycles. The van der Waals surface area contributed by atoms with Crippen molar-refractivity contribution in [3.63, 3.8) is 0 Å². The molecule has 5 aromatic rings. The van der Waals surface area contributed by atoms with Crippen molar-refractivity contribution < 1.29 is 4.79 Å². The summed E-state index contributed by atoms with van der Waals surface area (Å²) in [6, 6.07) is 15.9. The van der Waals surface area contributed by atoms with E-state index in [4.69, 9.17) is 0 Å². The van der Waals surface area contributed by atoms with E-state index >= 15 is 0 Å². The lowest BCUT2D eigenvalue weighted by Gasteiger charge is -2.05. The van der Waals surface area contributed by atoms with E-state index in [-0.39, 0.29) is 12.3 Å². The number of nitrogens with one attached hydrogen (secondary N) is 1. The third-order valence-corrected chi connectivity index (χ3v) is 6.03. The molecule has 2 aromatic carbocycles. The summed E-state index contributed by atoms with van der Waals surface area (Å²) in [5.74, 6) is -0.0813. The molecule has 7 heteroatoms. The fourth-order valence-electron chi connectivity index (χ4n) is 2.96. The van der Waals surface area contributed by atoms with Gasteiger partial charge in [-0.3, -0.25) is 9.20 Å². The van der Waals surface area contributed by atoms with Gasteiger partial charge in [-0.05, 0) is 24.3 Å². The molecule has 5 rings (SSSR count). The number of carbonyl (C=O) groups is 1. The monoisotopic (exact) mass is 390 g/mol. The molecule has 0 aliphatic carbocycles. The van der Waals surface area contributed by atoms with E-state index in [9.17, 15) is 4.79 Å². The van der Waals surface area contributed by atoms with Crippen LogP contribution in [0.4, 0.5) is 5.69 Å². The average Bonchev–Trinajstić information content (AvgIpc) is 3.35. The molecule has 0 spiro atoms. The lowest BCUT2D eigenvalue weighted by molar-refractivity contribution is -0.115. The Morgan fingerprint density at radius 2 is 2.04 bits per heavy atom. The molecule has 0 radical (unpaired) electrons. The van der Waals surface area contributed by atoms with Crippen LogP contribution in [0.5, 0.6) is 0 Å². The standard InChI is InChI=1S/C20H14N4OS2/c25-18(11-15-12-24-8-9-26-20(24)22-15)21-14-5-3-4-13(10-14)19-23-16-6-1-2-7-17(16)27-19/h1-10,12H,11H2,(H,21,25). The van der Waals surface area contributed by atoms with Gasteiger partial charge in [0.05, 0.1) is 22.3 Å². The minimum Gasteiger partial charge on any atom is -0.326 e. The molecule has 0 aliphatic heterocycles. The molecule has 0 bridgehead atoms. The molecule has 1 amide bonds. The van der Waals surface area contributed by atoms with Gasteiger partial charge < -0.3 is 5.32 Å². The summed E-state index contributed by atoms with van der Waals surface area (Å²) in [7, 11) is 0. The van der Waals surface area contributed by atoms with E-state index in [1.54, 1.807) is 22.7 Å². The number of para-hydroxylation sites is 1. The molecule has 1 N–H and O–H groups in total. The van der Waals surface area contributed by atoms with Crippen LogP contribution in [0.25, 0.3) is 25.7 Å². The van der Waals surface area contributed by atoms with Gasteiger partial charge in [0.25, 0.3) is 0 Å². The second-order valence-electron chi connectivity index (χ2n) is 6.12. The fraction of sp³-hybridized carbons (Fsp3) is 0.0500. The summed E-state index contributed by atoms with van der Waals surface area (Å²) in [5, 5.41) is 5.88. The maximum atomic E-state index is 12.4. The number of rotatable bonds is 4. The second kappa shape index (κ2) is 6.61. The zero-order chi connectivity index (χ0) is 18.2. The van der Waals surface area contributed by atoms with Crippen molar-refractivity contribution >= 4 is 49.4 Å². The summed E-state index contributed by atoms with van der Waals surface area (Å²) >= 11 is 3.20. The van der Waals surface area contributed by atoms with Gasteiger partial charge in [-0.1, -0.05) is 24.3 Å². The minimum absolute atomic E-state index is 0.0813. The first-order chi connectivity index (χ1) is 13.2. The van der Waals surface area contributed by atoms with E-state index in [2.05, 4.69) is 21.4 Å². The molecule has 3 heterocycles. The van der Waals surface area contributed by atoms with Crippen molar-refractivity contribution in [1.82, 2.24) is 14.4 Å². The summed E-state index contributed by atoms with van der Waals surface area (Å²) in [5.41, 5.74) is 3.52.